The van der Waals surface area contributed by atoms with E-state index in [4.69, 9.17) is 5.73 Å². The van der Waals surface area contributed by atoms with E-state index in [1.807, 2.05) is 6.07 Å². The number of hydrogen-bond acceptors (Lipinski definition) is 5. The molecule has 6 heteroatoms. The summed E-state index contributed by atoms with van der Waals surface area (Å²) >= 11 is 0. The van der Waals surface area contributed by atoms with E-state index in [0.717, 1.165) is 11.8 Å². The Kier molecular flexibility index (Phi) is 3.69. The fraction of sp³-hybridized carbons (Fsp3) is 0.250. The Bertz CT molecular complexity index is 571. The zero-order valence-corrected chi connectivity index (χ0v) is 9.80. The molecule has 0 aliphatic carbocycles. The first-order chi connectivity index (χ1) is 8.74. The van der Waals surface area contributed by atoms with Crippen LogP contribution in [0.4, 0.5) is 11.5 Å². The molecule has 0 radical (unpaired) electrons. The molecule has 0 aliphatic rings. The number of fused-ring (bicyclic) bond motifs is 1. The van der Waals surface area contributed by atoms with Gasteiger partial charge in [-0.25, -0.2) is 4.98 Å². The van der Waals surface area contributed by atoms with Crippen LogP contribution in [0.25, 0.3) is 10.8 Å². The normalized spacial score (nSPS) is 10.5. The van der Waals surface area contributed by atoms with Crippen molar-refractivity contribution in [1.29, 1.82) is 0 Å². The highest BCUT2D eigenvalue weighted by atomic mass is 16.6. The molecule has 1 aromatic heterocycles. The van der Waals surface area contributed by atoms with Gasteiger partial charge in [-0.2, -0.15) is 0 Å². The lowest BCUT2D eigenvalue weighted by atomic mass is 10.1. The van der Waals surface area contributed by atoms with Gasteiger partial charge in [-0.15, -0.1) is 0 Å². The van der Waals surface area contributed by atoms with Gasteiger partial charge in [-0.3, -0.25) is 10.1 Å². The molecule has 94 valence electrons. The Hall–Kier alpha value is -2.21. The summed E-state index contributed by atoms with van der Waals surface area (Å²) in [5.41, 5.74) is 5.51. The Labute approximate surface area is 104 Å². The summed E-state index contributed by atoms with van der Waals surface area (Å²) in [6.45, 7) is 1.29. The van der Waals surface area contributed by atoms with Gasteiger partial charge in [0.15, 0.2) is 0 Å². The minimum Gasteiger partial charge on any atom is -0.370 e. The van der Waals surface area contributed by atoms with Gasteiger partial charge in [0.05, 0.1) is 10.3 Å². The third kappa shape index (κ3) is 2.38. The molecular formula is C12H14N4O2. The van der Waals surface area contributed by atoms with Crippen LogP contribution in [0.1, 0.15) is 6.42 Å². The van der Waals surface area contributed by atoms with Gasteiger partial charge in [0, 0.05) is 24.2 Å². The van der Waals surface area contributed by atoms with Gasteiger partial charge in [0.25, 0.3) is 5.69 Å². The fourth-order valence-corrected chi connectivity index (χ4v) is 1.80. The minimum atomic E-state index is -0.383. The van der Waals surface area contributed by atoms with Crippen molar-refractivity contribution in [2.75, 3.05) is 18.4 Å². The maximum absolute atomic E-state index is 10.9. The SMILES string of the molecule is NCCCNc1nccc2c([N+](=O)[O-])cccc12. The molecule has 0 bridgehead atoms. The number of anilines is 1. The third-order valence-electron chi connectivity index (χ3n) is 2.65. The number of nitrogens with two attached hydrogens (primary N) is 1. The molecule has 1 heterocycles. The standard InChI is InChI=1S/C12H14N4O2/c13-6-2-7-14-12-10-3-1-4-11(16(17)18)9(10)5-8-15-12/h1,3-5,8H,2,6-7,13H2,(H,14,15). The van der Waals surface area contributed by atoms with Crippen molar-refractivity contribution in [3.8, 4) is 0 Å². The van der Waals surface area contributed by atoms with E-state index >= 15 is 0 Å². The summed E-state index contributed by atoms with van der Waals surface area (Å²) in [7, 11) is 0. The molecule has 0 fully saturated rings. The van der Waals surface area contributed by atoms with Crippen LogP contribution in [-0.2, 0) is 0 Å². The summed E-state index contributed by atoms with van der Waals surface area (Å²) in [5, 5.41) is 15.4. The zero-order valence-electron chi connectivity index (χ0n) is 9.80. The van der Waals surface area contributed by atoms with Gasteiger partial charge in [-0.1, -0.05) is 12.1 Å². The number of nitrogens with zero attached hydrogens (tertiary/aromatic N) is 2. The van der Waals surface area contributed by atoms with Crippen LogP contribution in [0, 0.1) is 10.1 Å². The number of hydrogen-bond donors (Lipinski definition) is 2. The van der Waals surface area contributed by atoms with Crippen LogP contribution in [0.5, 0.6) is 0 Å². The second kappa shape index (κ2) is 5.42. The van der Waals surface area contributed by atoms with Crippen LogP contribution in [0.3, 0.4) is 0 Å². The average molecular weight is 246 g/mol. The molecule has 18 heavy (non-hydrogen) atoms. The Morgan fingerprint density at radius 2 is 2.17 bits per heavy atom. The molecule has 0 amide bonds. The van der Waals surface area contributed by atoms with E-state index in [9.17, 15) is 10.1 Å². The van der Waals surface area contributed by atoms with Crippen molar-refractivity contribution in [2.24, 2.45) is 5.73 Å². The van der Waals surface area contributed by atoms with Crippen LogP contribution < -0.4 is 11.1 Å². The number of non-ortho nitro benzene ring substituents is 1. The largest absolute Gasteiger partial charge is 0.370 e. The fourth-order valence-electron chi connectivity index (χ4n) is 1.80. The first-order valence-electron chi connectivity index (χ1n) is 5.70. The lowest BCUT2D eigenvalue weighted by Gasteiger charge is -2.08. The van der Waals surface area contributed by atoms with E-state index in [1.54, 1.807) is 18.3 Å². The first-order valence-corrected chi connectivity index (χ1v) is 5.70. The van der Waals surface area contributed by atoms with Crippen molar-refractivity contribution < 1.29 is 4.92 Å². The van der Waals surface area contributed by atoms with E-state index in [-0.39, 0.29) is 10.6 Å². The molecule has 0 atom stereocenters. The Morgan fingerprint density at radius 1 is 1.33 bits per heavy atom. The number of pyridine rings is 1. The van der Waals surface area contributed by atoms with Gasteiger partial charge in [-0.05, 0) is 19.0 Å². The predicted octanol–water partition coefficient (Wildman–Crippen LogP) is 1.90. The maximum atomic E-state index is 10.9. The molecule has 2 rings (SSSR count). The predicted molar refractivity (Wildman–Crippen MR) is 70.6 cm³/mol. The van der Waals surface area contributed by atoms with Crippen molar-refractivity contribution in [2.45, 2.75) is 6.42 Å². The van der Waals surface area contributed by atoms with Crippen LogP contribution >= 0.6 is 0 Å². The molecular weight excluding hydrogens is 232 g/mol. The number of benzene rings is 1. The number of nitrogens with one attached hydrogen (secondary N) is 1. The van der Waals surface area contributed by atoms with E-state index in [0.29, 0.717) is 24.3 Å². The number of rotatable bonds is 5. The highest BCUT2D eigenvalue weighted by Gasteiger charge is 2.13. The second-order valence-corrected chi connectivity index (χ2v) is 3.86. The summed E-state index contributed by atoms with van der Waals surface area (Å²) in [4.78, 5) is 14.8. The van der Waals surface area contributed by atoms with Gasteiger partial charge in [0.1, 0.15) is 5.82 Å². The molecule has 0 saturated carbocycles. The van der Waals surface area contributed by atoms with Gasteiger partial charge in [0.2, 0.25) is 0 Å². The Balaban J connectivity index is 2.43. The third-order valence-corrected chi connectivity index (χ3v) is 2.65. The number of aromatic nitrogens is 1. The van der Waals surface area contributed by atoms with Crippen LogP contribution in [-0.4, -0.2) is 23.0 Å². The molecule has 0 aliphatic heterocycles. The lowest BCUT2D eigenvalue weighted by Crippen LogP contribution is -2.09. The van der Waals surface area contributed by atoms with Crippen LogP contribution in [0.2, 0.25) is 0 Å². The van der Waals surface area contributed by atoms with E-state index in [2.05, 4.69) is 10.3 Å². The van der Waals surface area contributed by atoms with Crippen molar-refractivity contribution in [3.05, 3.63) is 40.6 Å². The van der Waals surface area contributed by atoms with E-state index in [1.165, 1.54) is 6.07 Å². The average Bonchev–Trinajstić information content (AvgIpc) is 2.38. The highest BCUT2D eigenvalue weighted by Crippen LogP contribution is 2.28. The summed E-state index contributed by atoms with van der Waals surface area (Å²) in [6, 6.07) is 6.63. The molecule has 1 aromatic carbocycles. The van der Waals surface area contributed by atoms with Gasteiger partial charge >= 0.3 is 0 Å². The molecule has 0 unspecified atom stereocenters. The molecule has 0 spiro atoms. The Morgan fingerprint density at radius 3 is 2.89 bits per heavy atom. The van der Waals surface area contributed by atoms with Crippen LogP contribution in [0.15, 0.2) is 30.5 Å². The summed E-state index contributed by atoms with van der Waals surface area (Å²) in [5.74, 6) is 0.657. The maximum Gasteiger partial charge on any atom is 0.277 e. The van der Waals surface area contributed by atoms with Gasteiger partial charge < -0.3 is 11.1 Å². The van der Waals surface area contributed by atoms with Crippen molar-refractivity contribution in [3.63, 3.8) is 0 Å². The van der Waals surface area contributed by atoms with E-state index < -0.39 is 0 Å². The smallest absolute Gasteiger partial charge is 0.277 e. The minimum absolute atomic E-state index is 0.0942. The first kappa shape index (κ1) is 12.3. The second-order valence-electron chi connectivity index (χ2n) is 3.86. The molecule has 6 nitrogen and oxygen atoms in total. The number of nitro groups is 1. The van der Waals surface area contributed by atoms with Crippen molar-refractivity contribution >= 4 is 22.3 Å². The lowest BCUT2D eigenvalue weighted by molar-refractivity contribution is -0.383. The van der Waals surface area contributed by atoms with Crippen molar-refractivity contribution in [1.82, 2.24) is 4.98 Å². The summed E-state index contributed by atoms with van der Waals surface area (Å²) < 4.78 is 0. The highest BCUT2D eigenvalue weighted by molar-refractivity contribution is 5.97. The monoisotopic (exact) mass is 246 g/mol. The zero-order chi connectivity index (χ0) is 13.0. The number of nitro benzene ring substituents is 1. The molecule has 2 aromatic rings. The molecule has 0 saturated heterocycles. The topological polar surface area (TPSA) is 94.1 Å². The summed E-state index contributed by atoms with van der Waals surface area (Å²) in [6.07, 6.45) is 2.40. The molecule has 3 N–H and O–H groups in total. The quantitative estimate of drug-likeness (QED) is 0.477.